The number of hydrogen-bond donors (Lipinski definition) is 2. The molecule has 0 spiro atoms. The Kier molecular flexibility index (Phi) is 3.40. The normalized spacial score (nSPS) is 30.6. The van der Waals surface area contributed by atoms with E-state index in [1.54, 1.807) is 0 Å². The first-order valence-corrected chi connectivity index (χ1v) is 6.51. The van der Waals surface area contributed by atoms with E-state index in [4.69, 9.17) is 5.11 Å². The number of hydrogen-bond acceptors (Lipinski definition) is 2. The van der Waals surface area contributed by atoms with Crippen LogP contribution in [0.5, 0.6) is 0 Å². The van der Waals surface area contributed by atoms with Crippen molar-refractivity contribution in [1.82, 2.24) is 5.32 Å². The van der Waals surface area contributed by atoms with Crippen molar-refractivity contribution in [1.29, 1.82) is 0 Å². The topological polar surface area (TPSA) is 66.4 Å². The van der Waals surface area contributed by atoms with Gasteiger partial charge < -0.3 is 10.4 Å². The smallest absolute Gasteiger partial charge is 0.306 e. The Labute approximate surface area is 102 Å². The molecule has 0 radical (unpaired) electrons. The van der Waals surface area contributed by atoms with Crippen LogP contribution in [0.4, 0.5) is 0 Å². The van der Waals surface area contributed by atoms with E-state index in [1.165, 1.54) is 12.8 Å². The first kappa shape index (κ1) is 12.4. The molecule has 0 atom stereocenters. The number of rotatable bonds is 4. The van der Waals surface area contributed by atoms with Crippen LogP contribution in [0.2, 0.25) is 0 Å². The summed E-state index contributed by atoms with van der Waals surface area (Å²) < 4.78 is 0. The fraction of sp³-hybridized carbons (Fsp3) is 0.846. The molecule has 0 heterocycles. The molecule has 4 heteroatoms. The van der Waals surface area contributed by atoms with Crippen molar-refractivity contribution < 1.29 is 14.7 Å². The van der Waals surface area contributed by atoms with Crippen LogP contribution in [0, 0.1) is 17.3 Å². The predicted molar refractivity (Wildman–Crippen MR) is 63.4 cm³/mol. The second-order valence-corrected chi connectivity index (χ2v) is 5.92. The van der Waals surface area contributed by atoms with E-state index in [9.17, 15) is 9.59 Å². The van der Waals surface area contributed by atoms with Gasteiger partial charge in [-0.25, -0.2) is 0 Å². The molecule has 0 unspecified atom stereocenters. The van der Waals surface area contributed by atoms with Crippen LogP contribution >= 0.6 is 0 Å². The summed E-state index contributed by atoms with van der Waals surface area (Å²) in [6.07, 6.45) is 5.15. The molecule has 0 saturated heterocycles. The Hall–Kier alpha value is -1.06. The summed E-state index contributed by atoms with van der Waals surface area (Å²) in [5.41, 5.74) is 0.341. The number of carbonyl (C=O) groups is 2. The largest absolute Gasteiger partial charge is 0.481 e. The van der Waals surface area contributed by atoms with Crippen molar-refractivity contribution in [3.8, 4) is 0 Å². The van der Waals surface area contributed by atoms with Gasteiger partial charge >= 0.3 is 5.97 Å². The van der Waals surface area contributed by atoms with Gasteiger partial charge in [0.2, 0.25) is 5.91 Å². The first-order valence-electron chi connectivity index (χ1n) is 6.51. The van der Waals surface area contributed by atoms with Crippen molar-refractivity contribution in [3.05, 3.63) is 0 Å². The summed E-state index contributed by atoms with van der Waals surface area (Å²) >= 11 is 0. The van der Waals surface area contributed by atoms with Gasteiger partial charge in [0.1, 0.15) is 0 Å². The third-order valence-corrected chi connectivity index (χ3v) is 4.24. The molecule has 0 bridgehead atoms. The Balaban J connectivity index is 1.72. The average molecular weight is 239 g/mol. The van der Waals surface area contributed by atoms with Crippen LogP contribution in [-0.4, -0.2) is 23.5 Å². The SMILES string of the molecule is CC1(CNC(=O)C2CCC(C(=O)O)CC2)CC1. The second-order valence-electron chi connectivity index (χ2n) is 5.92. The number of aliphatic carboxylic acids is 1. The zero-order chi connectivity index (χ0) is 12.5. The molecule has 0 aromatic carbocycles. The lowest BCUT2D eigenvalue weighted by molar-refractivity contribution is -0.144. The Morgan fingerprint density at radius 2 is 1.71 bits per heavy atom. The molecule has 0 aromatic heterocycles. The standard InChI is InChI=1S/C13H21NO3/c1-13(6-7-13)8-14-11(15)9-2-4-10(5-3-9)12(16)17/h9-10H,2-8H2,1H3,(H,14,15)(H,16,17). The summed E-state index contributed by atoms with van der Waals surface area (Å²) in [6, 6.07) is 0. The zero-order valence-electron chi connectivity index (χ0n) is 10.4. The molecule has 2 aliphatic carbocycles. The average Bonchev–Trinajstić information content (AvgIpc) is 3.05. The molecule has 96 valence electrons. The highest BCUT2D eigenvalue weighted by Crippen LogP contribution is 2.44. The highest BCUT2D eigenvalue weighted by Gasteiger charge is 2.38. The summed E-state index contributed by atoms with van der Waals surface area (Å²) in [5, 5.41) is 11.9. The van der Waals surface area contributed by atoms with E-state index in [-0.39, 0.29) is 17.7 Å². The van der Waals surface area contributed by atoms with E-state index in [2.05, 4.69) is 12.2 Å². The Bertz CT molecular complexity index is 315. The minimum absolute atomic E-state index is 0.0351. The molecule has 0 aliphatic heterocycles. The quantitative estimate of drug-likeness (QED) is 0.786. The molecule has 2 N–H and O–H groups in total. The fourth-order valence-corrected chi connectivity index (χ4v) is 2.44. The summed E-state index contributed by atoms with van der Waals surface area (Å²) in [7, 11) is 0. The van der Waals surface area contributed by atoms with Crippen molar-refractivity contribution in [2.45, 2.75) is 45.4 Å². The minimum atomic E-state index is -0.714. The Morgan fingerprint density at radius 1 is 1.18 bits per heavy atom. The van der Waals surface area contributed by atoms with Crippen LogP contribution in [0.25, 0.3) is 0 Å². The molecule has 2 aliphatic rings. The highest BCUT2D eigenvalue weighted by atomic mass is 16.4. The maximum atomic E-state index is 11.9. The van der Waals surface area contributed by atoms with Crippen LogP contribution < -0.4 is 5.32 Å². The molecular weight excluding hydrogens is 218 g/mol. The molecule has 17 heavy (non-hydrogen) atoms. The van der Waals surface area contributed by atoms with Crippen LogP contribution in [-0.2, 0) is 9.59 Å². The molecular formula is C13H21NO3. The van der Waals surface area contributed by atoms with Crippen molar-refractivity contribution in [3.63, 3.8) is 0 Å². The predicted octanol–water partition coefficient (Wildman–Crippen LogP) is 1.79. The van der Waals surface area contributed by atoms with Crippen molar-refractivity contribution >= 4 is 11.9 Å². The van der Waals surface area contributed by atoms with Gasteiger partial charge in [0.05, 0.1) is 5.92 Å². The van der Waals surface area contributed by atoms with Gasteiger partial charge in [0.25, 0.3) is 0 Å². The van der Waals surface area contributed by atoms with Gasteiger partial charge in [-0.15, -0.1) is 0 Å². The summed E-state index contributed by atoms with van der Waals surface area (Å²) in [4.78, 5) is 22.7. The molecule has 2 fully saturated rings. The maximum absolute atomic E-state index is 11.9. The third-order valence-electron chi connectivity index (χ3n) is 4.24. The van der Waals surface area contributed by atoms with Crippen LogP contribution in [0.15, 0.2) is 0 Å². The summed E-state index contributed by atoms with van der Waals surface area (Å²) in [6.45, 7) is 2.97. The number of carboxylic acids is 1. The Morgan fingerprint density at radius 3 is 2.18 bits per heavy atom. The van der Waals surface area contributed by atoms with Crippen molar-refractivity contribution in [2.24, 2.45) is 17.3 Å². The summed E-state index contributed by atoms with van der Waals surface area (Å²) in [5.74, 6) is -0.788. The van der Waals surface area contributed by atoms with Crippen LogP contribution in [0.3, 0.4) is 0 Å². The second kappa shape index (κ2) is 4.67. The van der Waals surface area contributed by atoms with E-state index < -0.39 is 5.97 Å². The number of carboxylic acid groups (broad SMARTS) is 1. The minimum Gasteiger partial charge on any atom is -0.481 e. The fourth-order valence-electron chi connectivity index (χ4n) is 2.44. The lowest BCUT2D eigenvalue weighted by atomic mass is 9.81. The van der Waals surface area contributed by atoms with E-state index in [1.807, 2.05) is 0 Å². The molecule has 2 saturated carbocycles. The number of nitrogens with one attached hydrogen (secondary N) is 1. The van der Waals surface area contributed by atoms with Gasteiger partial charge in [-0.05, 0) is 43.9 Å². The molecule has 2 rings (SSSR count). The molecule has 4 nitrogen and oxygen atoms in total. The maximum Gasteiger partial charge on any atom is 0.306 e. The monoisotopic (exact) mass is 239 g/mol. The zero-order valence-corrected chi connectivity index (χ0v) is 10.4. The number of carbonyl (C=O) groups excluding carboxylic acids is 1. The van der Waals surface area contributed by atoms with E-state index >= 15 is 0 Å². The first-order chi connectivity index (χ1) is 8.00. The van der Waals surface area contributed by atoms with Crippen molar-refractivity contribution in [2.75, 3.05) is 6.54 Å². The van der Waals surface area contributed by atoms with Gasteiger partial charge in [0.15, 0.2) is 0 Å². The number of amides is 1. The van der Waals surface area contributed by atoms with E-state index in [0.29, 0.717) is 18.3 Å². The van der Waals surface area contributed by atoms with E-state index in [0.717, 1.165) is 19.4 Å². The van der Waals surface area contributed by atoms with Gasteiger partial charge in [0, 0.05) is 12.5 Å². The lowest BCUT2D eigenvalue weighted by Gasteiger charge is -2.25. The van der Waals surface area contributed by atoms with Gasteiger partial charge in [-0.3, -0.25) is 9.59 Å². The lowest BCUT2D eigenvalue weighted by Crippen LogP contribution is -2.36. The van der Waals surface area contributed by atoms with Crippen LogP contribution in [0.1, 0.15) is 45.4 Å². The third kappa shape index (κ3) is 3.20. The van der Waals surface area contributed by atoms with Gasteiger partial charge in [-0.1, -0.05) is 6.92 Å². The highest BCUT2D eigenvalue weighted by molar-refractivity contribution is 5.79. The molecule has 1 amide bonds. The molecule has 0 aromatic rings. The van der Waals surface area contributed by atoms with Gasteiger partial charge in [-0.2, -0.15) is 0 Å².